The molecule has 0 radical (unpaired) electrons. The Morgan fingerprint density at radius 2 is 1.75 bits per heavy atom. The maximum absolute atomic E-state index is 2.34. The molecule has 1 heteroatoms. The van der Waals surface area contributed by atoms with Crippen molar-refractivity contribution in [3.63, 3.8) is 0 Å². The summed E-state index contributed by atoms with van der Waals surface area (Å²) in [5, 5.41) is 0. The smallest absolute Gasteiger partial charge is 0.00518 e. The van der Waals surface area contributed by atoms with E-state index in [1.54, 1.807) is 16.0 Å². The maximum atomic E-state index is 2.34. The van der Waals surface area contributed by atoms with E-state index >= 15 is 0 Å². The van der Waals surface area contributed by atoms with Crippen LogP contribution < -0.4 is 0 Å². The van der Waals surface area contributed by atoms with Crippen LogP contribution in [-0.2, 0) is 6.42 Å². The molecule has 1 unspecified atom stereocenters. The molecule has 0 aliphatic carbocycles. The molecule has 92 valence electrons. The number of hydrogen-bond donors (Lipinski definition) is 0. The predicted octanol–water partition coefficient (Wildman–Crippen LogP) is 5.43. The van der Waals surface area contributed by atoms with Gasteiger partial charge in [0.25, 0.3) is 0 Å². The lowest BCUT2D eigenvalue weighted by atomic mass is 9.90. The van der Waals surface area contributed by atoms with E-state index < -0.39 is 0 Å². The largest absolute Gasteiger partial charge is 0.145 e. The Morgan fingerprint density at radius 3 is 2.19 bits per heavy atom. The van der Waals surface area contributed by atoms with E-state index in [9.17, 15) is 0 Å². The van der Waals surface area contributed by atoms with E-state index in [0.29, 0.717) is 0 Å². The maximum Gasteiger partial charge on any atom is 0.00518 e. The number of hydrogen-bond acceptors (Lipinski definition) is 1. The summed E-state index contributed by atoms with van der Waals surface area (Å²) < 4.78 is 0. The fourth-order valence-electron chi connectivity index (χ4n) is 2.37. The van der Waals surface area contributed by atoms with Crippen LogP contribution in [0.2, 0.25) is 0 Å². The molecule has 1 heterocycles. The van der Waals surface area contributed by atoms with Crippen LogP contribution in [0.5, 0.6) is 0 Å². The molecule has 0 amide bonds. The SMILES string of the molecule is CCCCC(CC)Cc1c(C)sc(C)c1C. The molecule has 0 N–H and O–H groups in total. The van der Waals surface area contributed by atoms with Gasteiger partial charge < -0.3 is 0 Å². The molecule has 0 nitrogen and oxygen atoms in total. The lowest BCUT2D eigenvalue weighted by Gasteiger charge is -2.15. The zero-order valence-electron chi connectivity index (χ0n) is 11.5. The highest BCUT2D eigenvalue weighted by Crippen LogP contribution is 2.30. The van der Waals surface area contributed by atoms with E-state index in [0.717, 1.165) is 5.92 Å². The fraction of sp³-hybridized carbons (Fsp3) is 0.733. The lowest BCUT2D eigenvalue weighted by Crippen LogP contribution is -2.04. The predicted molar refractivity (Wildman–Crippen MR) is 75.5 cm³/mol. The highest BCUT2D eigenvalue weighted by molar-refractivity contribution is 7.12. The summed E-state index contributed by atoms with van der Waals surface area (Å²) in [7, 11) is 0. The Bertz CT molecular complexity index is 322. The molecule has 0 fully saturated rings. The summed E-state index contributed by atoms with van der Waals surface area (Å²) in [6, 6.07) is 0. The number of unbranched alkanes of at least 4 members (excludes halogenated alkanes) is 1. The molecular weight excluding hydrogens is 212 g/mol. The van der Waals surface area contributed by atoms with Gasteiger partial charge in [-0.25, -0.2) is 0 Å². The van der Waals surface area contributed by atoms with Gasteiger partial charge in [0, 0.05) is 9.75 Å². The van der Waals surface area contributed by atoms with E-state index in [2.05, 4.69) is 34.6 Å². The van der Waals surface area contributed by atoms with E-state index in [1.807, 2.05) is 11.3 Å². The summed E-state index contributed by atoms with van der Waals surface area (Å²) in [6.07, 6.45) is 6.75. The molecule has 1 rings (SSSR count). The van der Waals surface area contributed by atoms with Gasteiger partial charge in [-0.15, -0.1) is 11.3 Å². The van der Waals surface area contributed by atoms with E-state index in [-0.39, 0.29) is 0 Å². The quantitative estimate of drug-likeness (QED) is 0.619. The second-order valence-electron chi connectivity index (χ2n) is 4.94. The third-order valence-electron chi connectivity index (χ3n) is 3.75. The van der Waals surface area contributed by atoms with Gasteiger partial charge in [0.2, 0.25) is 0 Å². The van der Waals surface area contributed by atoms with Crippen LogP contribution in [0.1, 0.15) is 60.4 Å². The van der Waals surface area contributed by atoms with Crippen LogP contribution >= 0.6 is 11.3 Å². The Hall–Kier alpha value is -0.300. The van der Waals surface area contributed by atoms with Gasteiger partial charge in [-0.3, -0.25) is 0 Å². The van der Waals surface area contributed by atoms with Crippen molar-refractivity contribution in [1.29, 1.82) is 0 Å². The molecule has 16 heavy (non-hydrogen) atoms. The van der Waals surface area contributed by atoms with Gasteiger partial charge >= 0.3 is 0 Å². The fourth-order valence-corrected chi connectivity index (χ4v) is 3.47. The third kappa shape index (κ3) is 3.35. The van der Waals surface area contributed by atoms with Crippen molar-refractivity contribution < 1.29 is 0 Å². The molecular formula is C15H26S. The minimum absolute atomic E-state index is 0.895. The average molecular weight is 238 g/mol. The van der Waals surface area contributed by atoms with Gasteiger partial charge in [0.05, 0.1) is 0 Å². The molecule has 1 aromatic rings. The standard InChI is InChI=1S/C15H26S/c1-6-8-9-14(7-2)10-15-11(3)12(4)16-13(15)5/h14H,6-10H2,1-5H3. The van der Waals surface area contributed by atoms with Gasteiger partial charge in [0.1, 0.15) is 0 Å². The summed E-state index contributed by atoms with van der Waals surface area (Å²) in [5.41, 5.74) is 3.20. The van der Waals surface area contributed by atoms with Gasteiger partial charge in [0.15, 0.2) is 0 Å². The number of aryl methyl sites for hydroxylation is 2. The Morgan fingerprint density at radius 1 is 1.06 bits per heavy atom. The van der Waals surface area contributed by atoms with Crippen molar-refractivity contribution in [2.75, 3.05) is 0 Å². The zero-order chi connectivity index (χ0) is 12.1. The van der Waals surface area contributed by atoms with Crippen molar-refractivity contribution in [2.24, 2.45) is 5.92 Å². The van der Waals surface area contributed by atoms with Crippen molar-refractivity contribution >= 4 is 11.3 Å². The normalized spacial score (nSPS) is 13.1. The van der Waals surface area contributed by atoms with E-state index in [1.165, 1.54) is 37.0 Å². The van der Waals surface area contributed by atoms with Crippen molar-refractivity contribution in [2.45, 2.75) is 66.7 Å². The minimum Gasteiger partial charge on any atom is -0.145 e. The van der Waals surface area contributed by atoms with Crippen LogP contribution in [0.25, 0.3) is 0 Å². The molecule has 0 saturated heterocycles. The van der Waals surface area contributed by atoms with E-state index in [4.69, 9.17) is 0 Å². The van der Waals surface area contributed by atoms with Crippen molar-refractivity contribution in [3.05, 3.63) is 20.9 Å². The van der Waals surface area contributed by atoms with Crippen LogP contribution in [0, 0.1) is 26.7 Å². The van der Waals surface area contributed by atoms with Gasteiger partial charge in [-0.05, 0) is 44.2 Å². The third-order valence-corrected chi connectivity index (χ3v) is 4.91. The van der Waals surface area contributed by atoms with Gasteiger partial charge in [-0.1, -0.05) is 39.5 Å². The first kappa shape index (κ1) is 13.8. The summed E-state index contributed by atoms with van der Waals surface area (Å²) >= 11 is 1.97. The van der Waals surface area contributed by atoms with Gasteiger partial charge in [-0.2, -0.15) is 0 Å². The van der Waals surface area contributed by atoms with Crippen LogP contribution in [-0.4, -0.2) is 0 Å². The van der Waals surface area contributed by atoms with Crippen LogP contribution in [0.3, 0.4) is 0 Å². The van der Waals surface area contributed by atoms with Crippen LogP contribution in [0.4, 0.5) is 0 Å². The lowest BCUT2D eigenvalue weighted by molar-refractivity contribution is 0.448. The highest BCUT2D eigenvalue weighted by atomic mass is 32.1. The minimum atomic E-state index is 0.895. The molecule has 0 bridgehead atoms. The number of thiophene rings is 1. The number of rotatable bonds is 6. The average Bonchev–Trinajstić information content (AvgIpc) is 2.50. The van der Waals surface area contributed by atoms with Crippen molar-refractivity contribution in [3.8, 4) is 0 Å². The summed E-state index contributed by atoms with van der Waals surface area (Å²) in [4.78, 5) is 3.06. The molecule has 1 aromatic heterocycles. The Labute approximate surface area is 105 Å². The van der Waals surface area contributed by atoms with Crippen molar-refractivity contribution in [1.82, 2.24) is 0 Å². The van der Waals surface area contributed by atoms with Crippen LogP contribution in [0.15, 0.2) is 0 Å². The topological polar surface area (TPSA) is 0 Å². The summed E-state index contributed by atoms with van der Waals surface area (Å²) in [6.45, 7) is 11.5. The summed E-state index contributed by atoms with van der Waals surface area (Å²) in [5.74, 6) is 0.895. The second-order valence-corrected chi connectivity index (χ2v) is 6.37. The molecule has 0 aliphatic rings. The first-order chi connectivity index (χ1) is 7.60. The molecule has 0 aliphatic heterocycles. The molecule has 1 atom stereocenters. The second kappa shape index (κ2) is 6.44. The molecule has 0 saturated carbocycles. The molecule has 0 aromatic carbocycles. The highest BCUT2D eigenvalue weighted by Gasteiger charge is 2.14. The first-order valence-electron chi connectivity index (χ1n) is 6.65. The Kier molecular flexibility index (Phi) is 5.54. The molecule has 0 spiro atoms. The monoisotopic (exact) mass is 238 g/mol. The Balaban J connectivity index is 2.69. The first-order valence-corrected chi connectivity index (χ1v) is 7.47. The zero-order valence-corrected chi connectivity index (χ0v) is 12.3.